The molecule has 0 unspecified atom stereocenters. The summed E-state index contributed by atoms with van der Waals surface area (Å²) in [6.45, 7) is 0.187. The summed E-state index contributed by atoms with van der Waals surface area (Å²) in [6.07, 6.45) is 1.61. The fourth-order valence-electron chi connectivity index (χ4n) is 1.51. The maximum absolute atomic E-state index is 11.6. The Kier molecular flexibility index (Phi) is 5.55. The second-order valence-corrected chi connectivity index (χ2v) is 5.31. The molecule has 2 N–H and O–H groups in total. The normalized spacial score (nSPS) is 10.4. The van der Waals surface area contributed by atoms with E-state index in [1.54, 1.807) is 6.21 Å². The molecule has 102 valence electrons. The number of anilines is 1. The van der Waals surface area contributed by atoms with E-state index in [4.69, 9.17) is 0 Å². The number of hydrazone groups is 1. The minimum absolute atomic E-state index is 0.185. The minimum Gasteiger partial charge on any atom is -0.376 e. The van der Waals surface area contributed by atoms with Crippen LogP contribution in [0, 0.1) is 3.57 Å². The van der Waals surface area contributed by atoms with Crippen LogP contribution in [0.5, 0.6) is 0 Å². The van der Waals surface area contributed by atoms with Crippen LogP contribution in [0.4, 0.5) is 5.69 Å². The van der Waals surface area contributed by atoms with E-state index in [1.165, 1.54) is 0 Å². The van der Waals surface area contributed by atoms with E-state index in [0.717, 1.165) is 14.8 Å². The quantitative estimate of drug-likeness (QED) is 0.477. The highest BCUT2D eigenvalue weighted by Crippen LogP contribution is 2.10. The van der Waals surface area contributed by atoms with Crippen molar-refractivity contribution in [3.8, 4) is 0 Å². The van der Waals surface area contributed by atoms with Gasteiger partial charge in [-0.15, -0.1) is 0 Å². The molecule has 2 rings (SSSR count). The molecule has 0 aliphatic rings. The third kappa shape index (κ3) is 5.00. The summed E-state index contributed by atoms with van der Waals surface area (Å²) in [6, 6.07) is 17.4. The first-order valence-electron chi connectivity index (χ1n) is 6.10. The van der Waals surface area contributed by atoms with E-state index in [2.05, 4.69) is 38.4 Å². The van der Waals surface area contributed by atoms with Crippen LogP contribution in [-0.4, -0.2) is 18.7 Å². The number of halogens is 1. The Labute approximate surface area is 131 Å². The third-order valence-electron chi connectivity index (χ3n) is 2.50. The van der Waals surface area contributed by atoms with Crippen molar-refractivity contribution in [3.63, 3.8) is 0 Å². The Hall–Kier alpha value is -1.89. The fourth-order valence-corrected chi connectivity index (χ4v) is 1.87. The standard InChI is InChI=1S/C15H14IN3O/c16-13-6-8-14(9-7-13)17-11-15(20)19-18-10-12-4-2-1-3-5-12/h1-10,17H,11H2,(H,19,20). The van der Waals surface area contributed by atoms with Gasteiger partial charge >= 0.3 is 0 Å². The van der Waals surface area contributed by atoms with Crippen molar-refractivity contribution in [1.82, 2.24) is 5.43 Å². The van der Waals surface area contributed by atoms with Gasteiger partial charge in [-0.1, -0.05) is 30.3 Å². The second-order valence-electron chi connectivity index (χ2n) is 4.06. The first kappa shape index (κ1) is 14.5. The summed E-state index contributed by atoms with van der Waals surface area (Å²) in [5, 5.41) is 6.93. The van der Waals surface area contributed by atoms with Gasteiger partial charge in [-0.2, -0.15) is 5.10 Å². The predicted octanol–water partition coefficient (Wildman–Crippen LogP) is 2.85. The molecule has 0 bridgehead atoms. The lowest BCUT2D eigenvalue weighted by Crippen LogP contribution is -2.25. The van der Waals surface area contributed by atoms with Crippen molar-refractivity contribution in [2.45, 2.75) is 0 Å². The highest BCUT2D eigenvalue weighted by Gasteiger charge is 1.99. The molecule has 0 aliphatic carbocycles. The first-order chi connectivity index (χ1) is 9.74. The summed E-state index contributed by atoms with van der Waals surface area (Å²) in [5.41, 5.74) is 4.33. The van der Waals surface area contributed by atoms with Crippen LogP contribution in [0.15, 0.2) is 59.7 Å². The molecule has 5 heteroatoms. The Morgan fingerprint density at radius 3 is 2.50 bits per heavy atom. The van der Waals surface area contributed by atoms with Gasteiger partial charge in [0, 0.05) is 9.26 Å². The Morgan fingerprint density at radius 1 is 1.10 bits per heavy atom. The van der Waals surface area contributed by atoms with Gasteiger partial charge in [0.1, 0.15) is 0 Å². The Balaban J connectivity index is 1.76. The van der Waals surface area contributed by atoms with Gasteiger partial charge in [-0.3, -0.25) is 4.79 Å². The second kappa shape index (κ2) is 7.64. The van der Waals surface area contributed by atoms with Crippen molar-refractivity contribution in [2.24, 2.45) is 5.10 Å². The number of hydrogen-bond acceptors (Lipinski definition) is 3. The molecule has 0 heterocycles. The molecule has 2 aromatic rings. The monoisotopic (exact) mass is 379 g/mol. The highest BCUT2D eigenvalue weighted by molar-refractivity contribution is 14.1. The molecule has 0 saturated heterocycles. The van der Waals surface area contributed by atoms with E-state index in [9.17, 15) is 4.79 Å². The zero-order chi connectivity index (χ0) is 14.2. The Bertz CT molecular complexity index is 582. The van der Waals surface area contributed by atoms with Crippen molar-refractivity contribution in [2.75, 3.05) is 11.9 Å². The van der Waals surface area contributed by atoms with Gasteiger partial charge in [0.05, 0.1) is 12.8 Å². The van der Waals surface area contributed by atoms with Gasteiger partial charge < -0.3 is 5.32 Å². The van der Waals surface area contributed by atoms with Crippen LogP contribution in [-0.2, 0) is 4.79 Å². The minimum atomic E-state index is -0.185. The molecule has 1 amide bonds. The molecule has 0 atom stereocenters. The van der Waals surface area contributed by atoms with Gasteiger partial charge in [0.25, 0.3) is 5.91 Å². The molecular formula is C15H14IN3O. The summed E-state index contributed by atoms with van der Waals surface area (Å²) in [7, 11) is 0. The van der Waals surface area contributed by atoms with Crippen LogP contribution < -0.4 is 10.7 Å². The SMILES string of the molecule is O=C(CNc1ccc(I)cc1)NN=Cc1ccccc1. The molecule has 0 radical (unpaired) electrons. The molecule has 0 aliphatic heterocycles. The summed E-state index contributed by atoms with van der Waals surface area (Å²) >= 11 is 2.24. The summed E-state index contributed by atoms with van der Waals surface area (Å²) in [5.74, 6) is -0.185. The van der Waals surface area contributed by atoms with Gasteiger partial charge in [-0.05, 0) is 52.4 Å². The number of carbonyl (C=O) groups is 1. The van der Waals surface area contributed by atoms with E-state index < -0.39 is 0 Å². The van der Waals surface area contributed by atoms with Crippen molar-refractivity contribution >= 4 is 40.4 Å². The third-order valence-corrected chi connectivity index (χ3v) is 3.22. The molecule has 0 aromatic heterocycles. The highest BCUT2D eigenvalue weighted by atomic mass is 127. The van der Waals surface area contributed by atoms with Gasteiger partial charge in [0.15, 0.2) is 0 Å². The van der Waals surface area contributed by atoms with Gasteiger partial charge in [0.2, 0.25) is 0 Å². The lowest BCUT2D eigenvalue weighted by Gasteiger charge is -2.05. The molecule has 0 fully saturated rings. The smallest absolute Gasteiger partial charge is 0.259 e. The lowest BCUT2D eigenvalue weighted by atomic mass is 10.2. The maximum atomic E-state index is 11.6. The molecular weight excluding hydrogens is 365 g/mol. The first-order valence-corrected chi connectivity index (χ1v) is 7.18. The van der Waals surface area contributed by atoms with E-state index in [0.29, 0.717) is 0 Å². The average molecular weight is 379 g/mol. The van der Waals surface area contributed by atoms with Crippen LogP contribution in [0.2, 0.25) is 0 Å². The van der Waals surface area contributed by atoms with E-state index >= 15 is 0 Å². The summed E-state index contributed by atoms with van der Waals surface area (Å²) < 4.78 is 1.16. The Morgan fingerprint density at radius 2 is 1.80 bits per heavy atom. The number of hydrogen-bond donors (Lipinski definition) is 2. The number of benzene rings is 2. The van der Waals surface area contributed by atoms with Gasteiger partial charge in [-0.25, -0.2) is 5.43 Å². The predicted molar refractivity (Wildman–Crippen MR) is 89.8 cm³/mol. The van der Waals surface area contributed by atoms with Crippen LogP contribution in [0.3, 0.4) is 0 Å². The van der Waals surface area contributed by atoms with Crippen molar-refractivity contribution < 1.29 is 4.79 Å². The number of nitrogens with one attached hydrogen (secondary N) is 2. The van der Waals surface area contributed by atoms with Crippen molar-refractivity contribution in [3.05, 3.63) is 63.7 Å². The topological polar surface area (TPSA) is 53.5 Å². The largest absolute Gasteiger partial charge is 0.376 e. The maximum Gasteiger partial charge on any atom is 0.259 e. The summed E-state index contributed by atoms with van der Waals surface area (Å²) in [4.78, 5) is 11.6. The fraction of sp³-hybridized carbons (Fsp3) is 0.0667. The molecule has 20 heavy (non-hydrogen) atoms. The van der Waals surface area contributed by atoms with E-state index in [-0.39, 0.29) is 12.5 Å². The van der Waals surface area contributed by atoms with Crippen LogP contribution in [0.25, 0.3) is 0 Å². The molecule has 4 nitrogen and oxygen atoms in total. The average Bonchev–Trinajstić information content (AvgIpc) is 2.48. The number of amides is 1. The number of rotatable bonds is 5. The van der Waals surface area contributed by atoms with E-state index in [1.807, 2.05) is 54.6 Å². The van der Waals surface area contributed by atoms with Crippen molar-refractivity contribution in [1.29, 1.82) is 0 Å². The lowest BCUT2D eigenvalue weighted by molar-refractivity contribution is -0.119. The molecule has 0 spiro atoms. The van der Waals surface area contributed by atoms with Crippen LogP contribution in [0.1, 0.15) is 5.56 Å². The van der Waals surface area contributed by atoms with Crippen LogP contribution >= 0.6 is 22.6 Å². The number of carbonyl (C=O) groups excluding carboxylic acids is 1. The molecule has 0 saturated carbocycles. The zero-order valence-corrected chi connectivity index (χ0v) is 12.9. The zero-order valence-electron chi connectivity index (χ0n) is 10.7. The molecule has 2 aromatic carbocycles. The number of nitrogens with zero attached hydrogens (tertiary/aromatic N) is 1.